The average Bonchev–Trinajstić information content (AvgIpc) is 3.47. The van der Waals surface area contributed by atoms with Crippen LogP contribution in [0.2, 0.25) is 0 Å². The van der Waals surface area contributed by atoms with Gasteiger partial charge < -0.3 is 10.1 Å². The Labute approximate surface area is 191 Å². The van der Waals surface area contributed by atoms with Crippen molar-refractivity contribution in [1.29, 1.82) is 0 Å². The molecule has 3 heterocycles. The maximum Gasteiger partial charge on any atom is 0.434 e. The molecule has 4 amide bonds. The van der Waals surface area contributed by atoms with Gasteiger partial charge in [-0.15, -0.1) is 5.06 Å². The van der Waals surface area contributed by atoms with Crippen molar-refractivity contribution < 1.29 is 28.9 Å². The molecule has 170 valence electrons. The highest BCUT2D eigenvalue weighted by Crippen LogP contribution is 2.27. The average molecular weight is 461 g/mol. The Bertz CT molecular complexity index is 1230. The predicted octanol–water partition coefficient (Wildman–Crippen LogP) is 1.68. The molecule has 2 aromatic carbocycles. The Kier molecular flexibility index (Phi) is 4.98. The molecular weight excluding hydrogens is 446 g/mol. The number of carbonyl (C=O) groups excluding carboxylic acids is 4. The van der Waals surface area contributed by atoms with Gasteiger partial charge in [0.05, 0.1) is 28.8 Å². The number of hydrogen-bond donors (Lipinski definition) is 0. The molecule has 1 aromatic heterocycles. The Morgan fingerprint density at radius 3 is 1.82 bits per heavy atom. The van der Waals surface area contributed by atoms with Gasteiger partial charge in [-0.2, -0.15) is 0 Å². The summed E-state index contributed by atoms with van der Waals surface area (Å²) in [6, 6.07) is 12.4. The lowest BCUT2D eigenvalue weighted by atomic mass is 10.1. The van der Waals surface area contributed by atoms with Crippen LogP contribution in [-0.4, -0.2) is 60.7 Å². The SMILES string of the molecule is O=C1c2ccccc2C(=O)N1C[C@@H](Cn1ccnc1[N+](=O)[O-])ON1C(=O)c2ccccc2C1=O. The van der Waals surface area contributed by atoms with Crippen LogP contribution in [0.1, 0.15) is 41.4 Å². The van der Waals surface area contributed by atoms with Crippen molar-refractivity contribution in [3.63, 3.8) is 0 Å². The van der Waals surface area contributed by atoms with Crippen molar-refractivity contribution in [3.05, 3.63) is 93.3 Å². The third kappa shape index (κ3) is 3.33. The molecule has 3 aromatic rings. The molecule has 2 aliphatic rings. The van der Waals surface area contributed by atoms with E-state index >= 15 is 0 Å². The highest BCUT2D eigenvalue weighted by Gasteiger charge is 2.41. The Morgan fingerprint density at radius 2 is 1.32 bits per heavy atom. The summed E-state index contributed by atoms with van der Waals surface area (Å²) in [4.78, 5) is 72.1. The van der Waals surface area contributed by atoms with Gasteiger partial charge in [-0.25, -0.2) is 4.57 Å². The fourth-order valence-corrected chi connectivity index (χ4v) is 3.98. The Balaban J connectivity index is 1.45. The number of imide groups is 2. The largest absolute Gasteiger partial charge is 0.434 e. The highest BCUT2D eigenvalue weighted by atomic mass is 16.7. The van der Waals surface area contributed by atoms with Gasteiger partial charge in [0, 0.05) is 0 Å². The zero-order chi connectivity index (χ0) is 24.0. The molecule has 0 aliphatic carbocycles. The minimum atomic E-state index is -1.18. The maximum atomic E-state index is 12.8. The highest BCUT2D eigenvalue weighted by molar-refractivity contribution is 6.21. The molecule has 0 fully saturated rings. The summed E-state index contributed by atoms with van der Waals surface area (Å²) in [5, 5.41) is 11.9. The van der Waals surface area contributed by atoms with E-state index in [0.29, 0.717) is 5.06 Å². The lowest BCUT2D eigenvalue weighted by Gasteiger charge is -2.25. The smallest absolute Gasteiger partial charge is 0.390 e. The number of nitrogens with zero attached hydrogens (tertiary/aromatic N) is 5. The molecule has 0 spiro atoms. The topological polar surface area (TPSA) is 145 Å². The summed E-state index contributed by atoms with van der Waals surface area (Å²) >= 11 is 0. The van der Waals surface area contributed by atoms with Gasteiger partial charge in [-0.05, 0) is 29.2 Å². The van der Waals surface area contributed by atoms with Gasteiger partial charge in [0.15, 0.2) is 0 Å². The third-order valence-corrected chi connectivity index (χ3v) is 5.53. The summed E-state index contributed by atoms with van der Waals surface area (Å²) in [6.07, 6.45) is 1.34. The van der Waals surface area contributed by atoms with Crippen molar-refractivity contribution >= 4 is 29.6 Å². The van der Waals surface area contributed by atoms with E-state index in [1.54, 1.807) is 24.3 Å². The van der Waals surface area contributed by atoms with Crippen LogP contribution in [0.15, 0.2) is 60.9 Å². The van der Waals surface area contributed by atoms with Gasteiger partial charge in [-0.3, -0.25) is 28.9 Å². The molecule has 0 radical (unpaired) electrons. The van der Waals surface area contributed by atoms with Crippen LogP contribution in [0.25, 0.3) is 0 Å². The molecule has 12 heteroatoms. The minimum Gasteiger partial charge on any atom is -0.390 e. The van der Waals surface area contributed by atoms with Crippen molar-refractivity contribution in [2.75, 3.05) is 6.54 Å². The van der Waals surface area contributed by atoms with Crippen LogP contribution in [0.5, 0.6) is 0 Å². The van der Waals surface area contributed by atoms with Gasteiger partial charge >= 0.3 is 5.95 Å². The number of imidazole rings is 1. The lowest BCUT2D eigenvalue weighted by Crippen LogP contribution is -2.44. The zero-order valence-corrected chi connectivity index (χ0v) is 17.4. The number of benzene rings is 2. The summed E-state index contributed by atoms with van der Waals surface area (Å²) in [5.41, 5.74) is 0.697. The second kappa shape index (κ2) is 8.01. The number of fused-ring (bicyclic) bond motifs is 2. The summed E-state index contributed by atoms with van der Waals surface area (Å²) in [7, 11) is 0. The Hall–Kier alpha value is -4.71. The Morgan fingerprint density at radius 1 is 0.824 bits per heavy atom. The van der Waals surface area contributed by atoms with Crippen LogP contribution >= 0.6 is 0 Å². The molecule has 0 bridgehead atoms. The van der Waals surface area contributed by atoms with Gasteiger partial charge in [0.25, 0.3) is 23.6 Å². The van der Waals surface area contributed by atoms with E-state index in [9.17, 15) is 29.3 Å². The second-order valence-electron chi connectivity index (χ2n) is 7.58. The predicted molar refractivity (Wildman–Crippen MR) is 113 cm³/mol. The van der Waals surface area contributed by atoms with Gasteiger partial charge in [0.1, 0.15) is 25.0 Å². The van der Waals surface area contributed by atoms with Crippen molar-refractivity contribution in [1.82, 2.24) is 19.5 Å². The number of rotatable bonds is 7. The first-order valence-electron chi connectivity index (χ1n) is 10.1. The van der Waals surface area contributed by atoms with Gasteiger partial charge in [-0.1, -0.05) is 29.2 Å². The molecule has 1 atom stereocenters. The summed E-state index contributed by atoms with van der Waals surface area (Å²) < 4.78 is 1.14. The van der Waals surface area contributed by atoms with Crippen molar-refractivity contribution in [2.24, 2.45) is 0 Å². The first-order valence-corrected chi connectivity index (χ1v) is 10.1. The molecule has 5 rings (SSSR count). The molecule has 2 aliphatic heterocycles. The monoisotopic (exact) mass is 461 g/mol. The second-order valence-corrected chi connectivity index (χ2v) is 7.58. The first kappa shape index (κ1) is 21.2. The molecule has 12 nitrogen and oxygen atoms in total. The van der Waals surface area contributed by atoms with E-state index in [2.05, 4.69) is 4.98 Å². The molecular formula is C22H15N5O7. The number of amides is 4. The molecule has 0 unspecified atom stereocenters. The number of nitro groups is 1. The normalized spacial score (nSPS) is 15.6. The van der Waals surface area contributed by atoms with Crippen molar-refractivity contribution in [2.45, 2.75) is 12.6 Å². The third-order valence-electron chi connectivity index (χ3n) is 5.53. The fraction of sp³-hybridized carbons (Fsp3) is 0.136. The van der Waals surface area contributed by atoms with Gasteiger partial charge in [0.2, 0.25) is 0 Å². The van der Waals surface area contributed by atoms with Crippen LogP contribution in [0.3, 0.4) is 0 Å². The van der Waals surface area contributed by atoms with E-state index in [4.69, 9.17) is 4.84 Å². The number of aromatic nitrogens is 2. The number of hydroxylamine groups is 2. The fourth-order valence-electron chi connectivity index (χ4n) is 3.98. The van der Waals surface area contributed by atoms with E-state index in [-0.39, 0.29) is 35.3 Å². The van der Waals surface area contributed by atoms with Crippen LogP contribution in [0, 0.1) is 10.1 Å². The quantitative estimate of drug-likeness (QED) is 0.294. The summed E-state index contributed by atoms with van der Waals surface area (Å²) in [6.45, 7) is -0.633. The van der Waals surface area contributed by atoms with E-state index in [1.165, 1.54) is 36.7 Å². The van der Waals surface area contributed by atoms with E-state index < -0.39 is 40.6 Å². The standard InChI is InChI=1S/C22H15N5O7/c28-18-14-5-1-2-6-15(14)19(29)25(18)12-13(11-24-10-9-23-22(24)27(32)33)34-26-20(30)16-7-3-4-8-17(16)21(26)31/h1-10,13H,11-12H2/t13-/m1/s1. The van der Waals surface area contributed by atoms with Crippen LogP contribution in [-0.2, 0) is 11.4 Å². The van der Waals surface area contributed by atoms with Crippen LogP contribution < -0.4 is 0 Å². The lowest BCUT2D eigenvalue weighted by molar-refractivity contribution is -0.397. The van der Waals surface area contributed by atoms with Crippen LogP contribution in [0.4, 0.5) is 5.95 Å². The zero-order valence-electron chi connectivity index (χ0n) is 17.4. The molecule has 0 N–H and O–H groups in total. The first-order chi connectivity index (χ1) is 16.4. The molecule has 34 heavy (non-hydrogen) atoms. The minimum absolute atomic E-state index is 0.139. The van der Waals surface area contributed by atoms with E-state index in [1.807, 2.05) is 0 Å². The molecule has 0 saturated heterocycles. The van der Waals surface area contributed by atoms with Crippen molar-refractivity contribution in [3.8, 4) is 0 Å². The maximum absolute atomic E-state index is 12.8. The summed E-state index contributed by atoms with van der Waals surface area (Å²) in [5.74, 6) is -3.08. The van der Waals surface area contributed by atoms with E-state index in [0.717, 1.165) is 9.47 Å². The number of hydrogen-bond acceptors (Lipinski definition) is 8. The molecule has 0 saturated carbocycles. The number of carbonyl (C=O) groups is 4.